The molecular formula is C7H10BrNO2S. The van der Waals surface area contributed by atoms with Crippen molar-refractivity contribution in [3.8, 4) is 0 Å². The zero-order chi connectivity index (χ0) is 8.97. The lowest BCUT2D eigenvalue weighted by atomic mass is 10.3. The van der Waals surface area contributed by atoms with Crippen molar-refractivity contribution in [2.45, 2.75) is 6.04 Å². The van der Waals surface area contributed by atoms with E-state index in [9.17, 15) is 0 Å². The molecule has 0 saturated heterocycles. The number of aliphatic hydroxyl groups is 2. The first-order valence-corrected chi connectivity index (χ1v) is 5.11. The highest BCUT2D eigenvalue weighted by Crippen LogP contribution is 2.26. The zero-order valence-electron chi connectivity index (χ0n) is 6.33. The van der Waals surface area contributed by atoms with Crippen molar-refractivity contribution >= 4 is 32.3 Å². The lowest BCUT2D eigenvalue weighted by Gasteiger charge is -2.12. The Morgan fingerprint density at radius 2 is 2.08 bits per heavy atom. The summed E-state index contributed by atoms with van der Waals surface area (Å²) < 4.78 is 1.03. The van der Waals surface area contributed by atoms with Crippen LogP contribution >= 0.6 is 27.3 Å². The van der Waals surface area contributed by atoms with Crippen LogP contribution in [0.4, 0.5) is 5.00 Å². The molecule has 1 aromatic heterocycles. The number of halogens is 1. The van der Waals surface area contributed by atoms with Gasteiger partial charge in [-0.2, -0.15) is 0 Å². The maximum Gasteiger partial charge on any atom is 0.0898 e. The summed E-state index contributed by atoms with van der Waals surface area (Å²) in [6.45, 7) is -0.127. The molecule has 0 unspecified atom stereocenters. The summed E-state index contributed by atoms with van der Waals surface area (Å²) in [5.41, 5.74) is 0. The average molecular weight is 252 g/mol. The fraction of sp³-hybridized carbons (Fsp3) is 0.429. The topological polar surface area (TPSA) is 52.5 Å². The molecule has 0 amide bonds. The van der Waals surface area contributed by atoms with Gasteiger partial charge in [0, 0.05) is 0 Å². The minimum Gasteiger partial charge on any atom is -0.394 e. The standard InChI is InChI=1S/C7H10BrNO2S/c8-6-1-2-7(12-6)9-5(3-10)4-11/h1-2,5,9-11H,3-4H2. The minimum atomic E-state index is -0.268. The van der Waals surface area contributed by atoms with E-state index < -0.39 is 0 Å². The van der Waals surface area contributed by atoms with Crippen LogP contribution in [0.15, 0.2) is 15.9 Å². The second kappa shape index (κ2) is 4.81. The van der Waals surface area contributed by atoms with Gasteiger partial charge in [0.25, 0.3) is 0 Å². The van der Waals surface area contributed by atoms with Crippen LogP contribution in [-0.2, 0) is 0 Å². The Hall–Kier alpha value is -0.100. The minimum absolute atomic E-state index is 0.0635. The molecule has 0 aliphatic rings. The third-order valence-electron chi connectivity index (χ3n) is 1.36. The van der Waals surface area contributed by atoms with E-state index in [-0.39, 0.29) is 19.3 Å². The van der Waals surface area contributed by atoms with Crippen molar-refractivity contribution in [1.82, 2.24) is 0 Å². The molecule has 1 heterocycles. The Morgan fingerprint density at radius 3 is 2.50 bits per heavy atom. The predicted octanol–water partition coefficient (Wildman–Crippen LogP) is 1.28. The molecular weight excluding hydrogens is 242 g/mol. The maximum atomic E-state index is 8.76. The van der Waals surface area contributed by atoms with E-state index in [4.69, 9.17) is 10.2 Å². The highest BCUT2D eigenvalue weighted by molar-refractivity contribution is 9.11. The van der Waals surface area contributed by atoms with Crippen molar-refractivity contribution < 1.29 is 10.2 Å². The smallest absolute Gasteiger partial charge is 0.0898 e. The van der Waals surface area contributed by atoms with E-state index >= 15 is 0 Å². The molecule has 3 N–H and O–H groups in total. The molecule has 0 aromatic carbocycles. The molecule has 0 aliphatic carbocycles. The summed E-state index contributed by atoms with van der Waals surface area (Å²) in [6, 6.07) is 3.54. The van der Waals surface area contributed by atoms with Crippen LogP contribution in [0, 0.1) is 0 Å². The third-order valence-corrected chi connectivity index (χ3v) is 2.92. The van der Waals surface area contributed by atoms with Gasteiger partial charge in [0.05, 0.1) is 28.0 Å². The number of hydrogen-bond acceptors (Lipinski definition) is 4. The van der Waals surface area contributed by atoms with E-state index in [1.54, 1.807) is 0 Å². The predicted molar refractivity (Wildman–Crippen MR) is 53.6 cm³/mol. The first kappa shape index (κ1) is 9.98. The van der Waals surface area contributed by atoms with Gasteiger partial charge in [-0.1, -0.05) is 0 Å². The Bertz CT molecular complexity index is 237. The lowest BCUT2D eigenvalue weighted by molar-refractivity contribution is 0.204. The molecule has 1 aromatic rings. The fourth-order valence-electron chi connectivity index (χ4n) is 0.742. The summed E-state index contributed by atoms with van der Waals surface area (Å²) in [7, 11) is 0. The monoisotopic (exact) mass is 251 g/mol. The molecule has 0 aliphatic heterocycles. The Morgan fingerprint density at radius 1 is 1.42 bits per heavy atom. The largest absolute Gasteiger partial charge is 0.394 e. The molecule has 0 bridgehead atoms. The van der Waals surface area contributed by atoms with E-state index in [0.29, 0.717) is 0 Å². The maximum absolute atomic E-state index is 8.76. The van der Waals surface area contributed by atoms with Crippen molar-refractivity contribution in [3.63, 3.8) is 0 Å². The van der Waals surface area contributed by atoms with Gasteiger partial charge in [-0.25, -0.2) is 0 Å². The van der Waals surface area contributed by atoms with Crippen LogP contribution in [0.3, 0.4) is 0 Å². The SMILES string of the molecule is OCC(CO)Nc1ccc(Br)s1. The van der Waals surface area contributed by atoms with E-state index in [1.807, 2.05) is 12.1 Å². The quantitative estimate of drug-likeness (QED) is 0.756. The summed E-state index contributed by atoms with van der Waals surface area (Å²) >= 11 is 4.85. The summed E-state index contributed by atoms with van der Waals surface area (Å²) in [5.74, 6) is 0. The number of aliphatic hydroxyl groups excluding tert-OH is 2. The number of thiophene rings is 1. The van der Waals surface area contributed by atoms with Gasteiger partial charge in [-0.15, -0.1) is 11.3 Å². The van der Waals surface area contributed by atoms with Crippen LogP contribution in [0.2, 0.25) is 0 Å². The molecule has 1 rings (SSSR count). The second-order valence-corrected chi connectivity index (χ2v) is 4.77. The Labute approximate surface area is 83.2 Å². The number of hydrogen-bond donors (Lipinski definition) is 3. The van der Waals surface area contributed by atoms with Gasteiger partial charge in [0.1, 0.15) is 0 Å². The van der Waals surface area contributed by atoms with Gasteiger partial charge in [0.15, 0.2) is 0 Å². The summed E-state index contributed by atoms with van der Waals surface area (Å²) in [4.78, 5) is 0. The number of rotatable bonds is 4. The highest BCUT2D eigenvalue weighted by Gasteiger charge is 2.05. The van der Waals surface area contributed by atoms with Crippen LogP contribution in [0.1, 0.15) is 0 Å². The first-order valence-electron chi connectivity index (χ1n) is 3.50. The van der Waals surface area contributed by atoms with Gasteiger partial charge in [0.2, 0.25) is 0 Å². The van der Waals surface area contributed by atoms with Crippen LogP contribution in [0.25, 0.3) is 0 Å². The molecule has 68 valence electrons. The molecule has 3 nitrogen and oxygen atoms in total. The third kappa shape index (κ3) is 2.75. The molecule has 0 fully saturated rings. The Balaban J connectivity index is 2.50. The molecule has 0 atom stereocenters. The molecule has 0 radical (unpaired) electrons. The van der Waals surface area contributed by atoms with Crippen LogP contribution in [0.5, 0.6) is 0 Å². The summed E-state index contributed by atoms with van der Waals surface area (Å²) in [6.07, 6.45) is 0. The fourth-order valence-corrected chi connectivity index (χ4v) is 2.11. The van der Waals surface area contributed by atoms with E-state index in [2.05, 4.69) is 21.2 Å². The van der Waals surface area contributed by atoms with Crippen LogP contribution in [-0.4, -0.2) is 29.5 Å². The van der Waals surface area contributed by atoms with Gasteiger partial charge >= 0.3 is 0 Å². The summed E-state index contributed by atoms with van der Waals surface area (Å²) in [5, 5.41) is 21.5. The van der Waals surface area contributed by atoms with Crippen molar-refractivity contribution in [1.29, 1.82) is 0 Å². The van der Waals surface area contributed by atoms with Crippen molar-refractivity contribution in [3.05, 3.63) is 15.9 Å². The highest BCUT2D eigenvalue weighted by atomic mass is 79.9. The van der Waals surface area contributed by atoms with Gasteiger partial charge in [-0.05, 0) is 28.1 Å². The Kier molecular flexibility index (Phi) is 4.00. The lowest BCUT2D eigenvalue weighted by Crippen LogP contribution is -2.27. The average Bonchev–Trinajstić information content (AvgIpc) is 2.47. The van der Waals surface area contributed by atoms with Gasteiger partial charge in [-0.3, -0.25) is 0 Å². The zero-order valence-corrected chi connectivity index (χ0v) is 8.73. The van der Waals surface area contributed by atoms with Crippen molar-refractivity contribution in [2.24, 2.45) is 0 Å². The molecule has 12 heavy (non-hydrogen) atoms. The first-order chi connectivity index (χ1) is 5.76. The number of nitrogens with one attached hydrogen (secondary N) is 1. The number of anilines is 1. The van der Waals surface area contributed by atoms with E-state index in [0.717, 1.165) is 8.79 Å². The molecule has 0 spiro atoms. The van der Waals surface area contributed by atoms with E-state index in [1.165, 1.54) is 11.3 Å². The second-order valence-electron chi connectivity index (χ2n) is 2.31. The molecule has 0 saturated carbocycles. The normalized spacial score (nSPS) is 10.7. The van der Waals surface area contributed by atoms with Crippen LogP contribution < -0.4 is 5.32 Å². The molecule has 5 heteroatoms. The van der Waals surface area contributed by atoms with Crippen molar-refractivity contribution in [2.75, 3.05) is 18.5 Å². The van der Waals surface area contributed by atoms with Gasteiger partial charge < -0.3 is 15.5 Å².